The Morgan fingerprint density at radius 2 is 2.00 bits per heavy atom. The molecule has 4 nitrogen and oxygen atoms in total. The van der Waals surface area contributed by atoms with Gasteiger partial charge in [-0.3, -0.25) is 9.69 Å². The zero-order valence-corrected chi connectivity index (χ0v) is 12.0. The van der Waals surface area contributed by atoms with Crippen LogP contribution in [-0.4, -0.2) is 17.9 Å². The highest BCUT2D eigenvalue weighted by Gasteiger charge is 2.28. The molecule has 1 unspecified atom stereocenters. The van der Waals surface area contributed by atoms with Gasteiger partial charge in [-0.25, -0.2) is 0 Å². The molecule has 0 radical (unpaired) electrons. The van der Waals surface area contributed by atoms with Crippen LogP contribution in [0.3, 0.4) is 0 Å². The minimum Gasteiger partial charge on any atom is -0.497 e. The van der Waals surface area contributed by atoms with E-state index >= 15 is 0 Å². The van der Waals surface area contributed by atoms with Crippen molar-refractivity contribution >= 4 is 12.0 Å². The molecule has 1 heterocycles. The number of hydrogen-bond acceptors (Lipinski definition) is 3. The SMILES string of the molecule is [2H]C1(C#N)c2ccccc2C=CN1C(=O)c1ccc(OC)cc1. The number of ether oxygens (including phenoxy) is 1. The fraction of sp³-hybridized carbons (Fsp3) is 0.111. The van der Waals surface area contributed by atoms with Gasteiger partial charge in [0.1, 0.15) is 11.8 Å². The van der Waals surface area contributed by atoms with Gasteiger partial charge in [0.25, 0.3) is 5.91 Å². The minimum absolute atomic E-state index is 0.390. The number of carbonyl (C=O) groups excluding carboxylic acids is 1. The summed E-state index contributed by atoms with van der Waals surface area (Å²) in [6.07, 6.45) is 3.23. The molecule has 108 valence electrons. The standard InChI is InChI=1S/C18H14N2O2/c1-22-15-8-6-14(7-9-15)18(21)20-11-10-13-4-2-3-5-16(13)17(20)12-19/h2-11,17H,1H3/i17D. The van der Waals surface area contributed by atoms with E-state index in [0.717, 1.165) is 10.5 Å². The molecule has 1 amide bonds. The first-order valence-corrected chi connectivity index (χ1v) is 6.77. The molecule has 0 spiro atoms. The van der Waals surface area contributed by atoms with Crippen molar-refractivity contribution in [2.24, 2.45) is 0 Å². The fourth-order valence-corrected chi connectivity index (χ4v) is 2.37. The zero-order valence-electron chi connectivity index (χ0n) is 13.0. The van der Waals surface area contributed by atoms with Gasteiger partial charge in [0.05, 0.1) is 14.5 Å². The summed E-state index contributed by atoms with van der Waals surface area (Å²) in [5, 5.41) is 9.56. The number of amides is 1. The van der Waals surface area contributed by atoms with E-state index in [0.29, 0.717) is 16.9 Å². The molecular formula is C18H14N2O2. The van der Waals surface area contributed by atoms with Crippen LogP contribution in [0.2, 0.25) is 0 Å². The van der Waals surface area contributed by atoms with Crippen molar-refractivity contribution in [2.45, 2.75) is 6.02 Å². The Balaban J connectivity index is 2.02. The maximum atomic E-state index is 12.7. The quantitative estimate of drug-likeness (QED) is 0.852. The topological polar surface area (TPSA) is 53.3 Å². The van der Waals surface area contributed by atoms with Gasteiger partial charge in [-0.15, -0.1) is 0 Å². The van der Waals surface area contributed by atoms with E-state index in [4.69, 9.17) is 6.11 Å². The number of rotatable bonds is 2. The van der Waals surface area contributed by atoms with Crippen molar-refractivity contribution < 1.29 is 10.9 Å². The molecule has 1 atom stereocenters. The smallest absolute Gasteiger partial charge is 0.259 e. The van der Waals surface area contributed by atoms with Crippen molar-refractivity contribution in [3.8, 4) is 11.8 Å². The third-order valence-corrected chi connectivity index (χ3v) is 3.52. The molecule has 0 aliphatic carbocycles. The fourth-order valence-electron chi connectivity index (χ4n) is 2.37. The summed E-state index contributed by atoms with van der Waals surface area (Å²) >= 11 is 0. The molecule has 2 aromatic carbocycles. The summed E-state index contributed by atoms with van der Waals surface area (Å²) < 4.78 is 13.6. The summed E-state index contributed by atoms with van der Waals surface area (Å²) in [5.74, 6) is 0.230. The lowest BCUT2D eigenvalue weighted by Gasteiger charge is -2.28. The van der Waals surface area contributed by atoms with Crippen LogP contribution in [-0.2, 0) is 0 Å². The lowest BCUT2D eigenvalue weighted by Crippen LogP contribution is -2.31. The van der Waals surface area contributed by atoms with E-state index in [2.05, 4.69) is 0 Å². The highest BCUT2D eigenvalue weighted by Crippen LogP contribution is 2.31. The number of carbonyl (C=O) groups is 1. The summed E-state index contributed by atoms with van der Waals surface area (Å²) in [6, 6.07) is 13.9. The van der Waals surface area contributed by atoms with E-state index in [-0.39, 0.29) is 0 Å². The van der Waals surface area contributed by atoms with Crippen LogP contribution < -0.4 is 4.74 Å². The summed E-state index contributed by atoms with van der Waals surface area (Å²) in [4.78, 5) is 13.9. The summed E-state index contributed by atoms with van der Waals surface area (Å²) in [6.45, 7) is 0. The number of benzene rings is 2. The van der Waals surface area contributed by atoms with Gasteiger partial charge in [0.2, 0.25) is 0 Å². The Kier molecular flexibility index (Phi) is 3.31. The van der Waals surface area contributed by atoms with Gasteiger partial charge in [-0.1, -0.05) is 24.3 Å². The molecule has 0 saturated carbocycles. The maximum absolute atomic E-state index is 12.7. The van der Waals surface area contributed by atoms with Crippen molar-refractivity contribution in [2.75, 3.05) is 7.11 Å². The molecule has 2 aromatic rings. The van der Waals surface area contributed by atoms with Crippen LogP contribution in [0.15, 0.2) is 54.7 Å². The van der Waals surface area contributed by atoms with Crippen molar-refractivity contribution in [1.29, 1.82) is 5.26 Å². The predicted octanol–water partition coefficient (Wildman–Crippen LogP) is 3.39. The van der Waals surface area contributed by atoms with Gasteiger partial charge in [-0.2, -0.15) is 5.26 Å². The first kappa shape index (κ1) is 12.7. The lowest BCUT2D eigenvalue weighted by molar-refractivity contribution is 0.0794. The molecule has 1 aliphatic heterocycles. The normalized spacial score (nSPS) is 19.8. The molecular weight excluding hydrogens is 276 g/mol. The third kappa shape index (κ3) is 2.33. The molecule has 0 bridgehead atoms. The second kappa shape index (κ2) is 5.74. The Hall–Kier alpha value is -3.06. The number of nitrogens with zero attached hydrogens (tertiary/aromatic N) is 2. The predicted molar refractivity (Wildman–Crippen MR) is 83.0 cm³/mol. The molecule has 4 heteroatoms. The summed E-state index contributed by atoms with van der Waals surface area (Å²) in [7, 11) is 1.55. The van der Waals surface area contributed by atoms with E-state index in [9.17, 15) is 10.1 Å². The van der Waals surface area contributed by atoms with E-state index in [1.807, 2.05) is 18.2 Å². The second-order valence-corrected chi connectivity index (χ2v) is 4.77. The second-order valence-electron chi connectivity index (χ2n) is 4.77. The molecule has 0 fully saturated rings. The molecule has 0 saturated heterocycles. The van der Waals surface area contributed by atoms with Crippen LogP contribution in [0, 0.1) is 11.3 Å². The lowest BCUT2D eigenvalue weighted by atomic mass is 9.96. The van der Waals surface area contributed by atoms with Crippen LogP contribution in [0.4, 0.5) is 0 Å². The van der Waals surface area contributed by atoms with Crippen LogP contribution in [0.1, 0.15) is 28.9 Å². The zero-order chi connectivity index (χ0) is 16.4. The minimum atomic E-state index is -1.79. The van der Waals surface area contributed by atoms with Crippen LogP contribution in [0.5, 0.6) is 5.75 Å². The Morgan fingerprint density at radius 1 is 1.27 bits per heavy atom. The molecule has 22 heavy (non-hydrogen) atoms. The van der Waals surface area contributed by atoms with Crippen molar-refractivity contribution in [3.05, 3.63) is 71.4 Å². The molecule has 3 rings (SSSR count). The Morgan fingerprint density at radius 3 is 2.68 bits per heavy atom. The number of methoxy groups -OCH3 is 1. The summed E-state index contributed by atoms with van der Waals surface area (Å²) in [5.41, 5.74) is 1.65. The van der Waals surface area contributed by atoms with Crippen LogP contribution >= 0.6 is 0 Å². The Labute approximate surface area is 130 Å². The van der Waals surface area contributed by atoms with Crippen molar-refractivity contribution in [3.63, 3.8) is 0 Å². The third-order valence-electron chi connectivity index (χ3n) is 3.52. The molecule has 0 aromatic heterocycles. The van der Waals surface area contributed by atoms with E-state index in [1.165, 1.54) is 6.20 Å². The highest BCUT2D eigenvalue weighted by atomic mass is 16.5. The maximum Gasteiger partial charge on any atom is 0.259 e. The average molecular weight is 291 g/mol. The molecule has 0 N–H and O–H groups in total. The monoisotopic (exact) mass is 291 g/mol. The Bertz CT molecular complexity index is 824. The first-order chi connectivity index (χ1) is 11.1. The number of fused-ring (bicyclic) bond motifs is 1. The largest absolute Gasteiger partial charge is 0.497 e. The van der Waals surface area contributed by atoms with Crippen molar-refractivity contribution in [1.82, 2.24) is 4.90 Å². The molecule has 1 aliphatic rings. The van der Waals surface area contributed by atoms with Gasteiger partial charge in [-0.05, 0) is 41.5 Å². The van der Waals surface area contributed by atoms with Gasteiger partial charge in [0.15, 0.2) is 0 Å². The highest BCUT2D eigenvalue weighted by molar-refractivity contribution is 5.96. The first-order valence-electron chi connectivity index (χ1n) is 7.27. The number of nitriles is 1. The average Bonchev–Trinajstić information content (AvgIpc) is 2.61. The number of hydrogen-bond donors (Lipinski definition) is 0. The van der Waals surface area contributed by atoms with Crippen LogP contribution in [0.25, 0.3) is 6.08 Å². The van der Waals surface area contributed by atoms with E-state index < -0.39 is 11.9 Å². The van der Waals surface area contributed by atoms with Gasteiger partial charge in [0, 0.05) is 11.8 Å². The van der Waals surface area contributed by atoms with Gasteiger partial charge < -0.3 is 4.74 Å². The van der Waals surface area contributed by atoms with Gasteiger partial charge >= 0.3 is 0 Å². The van der Waals surface area contributed by atoms with E-state index in [1.54, 1.807) is 49.6 Å².